The van der Waals surface area contributed by atoms with E-state index in [0.29, 0.717) is 5.75 Å². The Kier molecular flexibility index (Phi) is 5.13. The third kappa shape index (κ3) is 3.77. The second-order valence-electron chi connectivity index (χ2n) is 6.57. The number of amides is 1. The van der Waals surface area contributed by atoms with E-state index in [1.807, 2.05) is 50.4 Å². The first kappa shape index (κ1) is 18.6. The number of anilines is 2. The van der Waals surface area contributed by atoms with E-state index >= 15 is 0 Å². The molecule has 0 saturated carbocycles. The minimum absolute atomic E-state index is 0.0139. The highest BCUT2D eigenvalue weighted by atomic mass is 127. The van der Waals surface area contributed by atoms with Crippen molar-refractivity contribution in [2.45, 2.75) is 10.8 Å². The maximum absolute atomic E-state index is 11.8. The molecule has 0 aliphatic heterocycles. The number of H-pyrrole nitrogens is 1. The van der Waals surface area contributed by atoms with E-state index in [4.69, 9.17) is 4.74 Å². The lowest BCUT2D eigenvalue weighted by atomic mass is 10.1. The quantitative estimate of drug-likeness (QED) is 0.243. The summed E-state index contributed by atoms with van der Waals surface area (Å²) >= 11 is 2.09. The lowest BCUT2D eigenvalue weighted by Gasteiger charge is -2.09. The van der Waals surface area contributed by atoms with Gasteiger partial charge in [0.2, 0.25) is 5.91 Å². The third-order valence-corrected chi connectivity index (χ3v) is 5.14. The van der Waals surface area contributed by atoms with Gasteiger partial charge in [0.15, 0.2) is 0 Å². The number of nitrogens with one attached hydrogen (secondary N) is 3. The normalized spacial score (nSPS) is 12.1. The number of hydrogen-bond donors (Lipinski definition) is 3. The van der Waals surface area contributed by atoms with Crippen LogP contribution in [0.2, 0.25) is 0 Å². The summed E-state index contributed by atoms with van der Waals surface area (Å²) in [5.41, 5.74) is 3.94. The van der Waals surface area contributed by atoms with Crippen molar-refractivity contribution in [3.63, 3.8) is 0 Å². The van der Waals surface area contributed by atoms with Gasteiger partial charge in [-0.1, -0.05) is 28.7 Å². The van der Waals surface area contributed by atoms with Crippen LogP contribution in [0.15, 0.2) is 60.7 Å². The van der Waals surface area contributed by atoms with Crippen LogP contribution in [0.1, 0.15) is 6.92 Å². The zero-order chi connectivity index (χ0) is 19.7. The molecule has 4 aromatic rings. The minimum atomic E-state index is -0.0826. The van der Waals surface area contributed by atoms with Gasteiger partial charge in [-0.3, -0.25) is 4.79 Å². The molecule has 1 unspecified atom stereocenters. The molecule has 1 amide bonds. The molecular weight excluding hydrogens is 465 g/mol. The summed E-state index contributed by atoms with van der Waals surface area (Å²) in [5.74, 6) is 1.46. The monoisotopic (exact) mass is 485 g/mol. The first-order valence-corrected chi connectivity index (χ1v) is 10.2. The Morgan fingerprint density at radius 3 is 2.21 bits per heavy atom. The molecule has 4 rings (SSSR count). The fourth-order valence-electron chi connectivity index (χ4n) is 3.09. The highest BCUT2D eigenvalue weighted by Gasteiger charge is 2.09. The van der Waals surface area contributed by atoms with Gasteiger partial charge in [0.05, 0.1) is 9.44 Å². The van der Waals surface area contributed by atoms with Gasteiger partial charge in [-0.2, -0.15) is 0 Å². The molecule has 0 aliphatic carbocycles. The minimum Gasteiger partial charge on any atom is -0.457 e. The summed E-state index contributed by atoms with van der Waals surface area (Å²) < 4.78 is 5.91. The van der Waals surface area contributed by atoms with Crippen molar-refractivity contribution in [3.05, 3.63) is 60.7 Å². The lowest BCUT2D eigenvalue weighted by molar-refractivity contribution is -0.115. The molecule has 1 heterocycles. The van der Waals surface area contributed by atoms with Gasteiger partial charge < -0.3 is 20.4 Å². The van der Waals surface area contributed by atoms with Crippen LogP contribution in [-0.2, 0) is 4.79 Å². The summed E-state index contributed by atoms with van der Waals surface area (Å²) in [6, 6.07) is 19.7. The standard InChI is InChI=1S/C22H20IN3O2/c1-13(23)22(27)25-14-3-6-16(7-4-14)28-17-8-10-19-18-9-5-15(24-2)11-20(18)26-21(19)12-17/h3-13,24,26H,1-2H3,(H,25,27). The Morgan fingerprint density at radius 2 is 1.54 bits per heavy atom. The number of aromatic amines is 1. The van der Waals surface area contributed by atoms with Crippen LogP contribution < -0.4 is 15.4 Å². The van der Waals surface area contributed by atoms with E-state index in [0.717, 1.165) is 33.5 Å². The highest BCUT2D eigenvalue weighted by molar-refractivity contribution is 14.1. The topological polar surface area (TPSA) is 66.2 Å². The van der Waals surface area contributed by atoms with Gasteiger partial charge in [-0.15, -0.1) is 0 Å². The number of ether oxygens (including phenoxy) is 1. The van der Waals surface area contributed by atoms with Crippen LogP contribution in [0.5, 0.6) is 11.5 Å². The van der Waals surface area contributed by atoms with Crippen LogP contribution in [0.4, 0.5) is 11.4 Å². The van der Waals surface area contributed by atoms with Gasteiger partial charge >= 0.3 is 0 Å². The zero-order valence-corrected chi connectivity index (χ0v) is 17.7. The van der Waals surface area contributed by atoms with Crippen molar-refractivity contribution in [1.29, 1.82) is 0 Å². The van der Waals surface area contributed by atoms with Gasteiger partial charge in [-0.25, -0.2) is 0 Å². The van der Waals surface area contributed by atoms with Crippen LogP contribution in [0.3, 0.4) is 0 Å². The Balaban J connectivity index is 1.56. The Labute approximate surface area is 176 Å². The molecule has 0 aliphatic rings. The number of hydrogen-bond acceptors (Lipinski definition) is 3. The lowest BCUT2D eigenvalue weighted by Crippen LogP contribution is -2.19. The van der Waals surface area contributed by atoms with Crippen molar-refractivity contribution in [3.8, 4) is 11.5 Å². The Bertz CT molecular complexity index is 1150. The van der Waals surface area contributed by atoms with Crippen LogP contribution in [0, 0.1) is 0 Å². The molecule has 28 heavy (non-hydrogen) atoms. The van der Waals surface area contributed by atoms with Gasteiger partial charge in [0.1, 0.15) is 11.5 Å². The van der Waals surface area contributed by atoms with Crippen molar-refractivity contribution < 1.29 is 9.53 Å². The number of rotatable bonds is 5. The SMILES string of the molecule is CNc1ccc2c(c1)[nH]c1cc(Oc3ccc(NC(=O)C(C)I)cc3)ccc12. The number of fused-ring (bicyclic) bond motifs is 3. The fraction of sp³-hybridized carbons (Fsp3) is 0.136. The van der Waals surface area contributed by atoms with Crippen molar-refractivity contribution in [2.24, 2.45) is 0 Å². The van der Waals surface area contributed by atoms with Crippen LogP contribution >= 0.6 is 22.6 Å². The van der Waals surface area contributed by atoms with Crippen molar-refractivity contribution in [2.75, 3.05) is 17.7 Å². The van der Waals surface area contributed by atoms with E-state index in [2.05, 4.69) is 62.5 Å². The summed E-state index contributed by atoms with van der Waals surface area (Å²) in [6.07, 6.45) is 0. The van der Waals surface area contributed by atoms with E-state index in [9.17, 15) is 4.79 Å². The molecule has 3 aromatic carbocycles. The second kappa shape index (κ2) is 7.71. The first-order valence-electron chi connectivity index (χ1n) is 8.99. The molecule has 0 radical (unpaired) electrons. The molecule has 0 fully saturated rings. The van der Waals surface area contributed by atoms with E-state index < -0.39 is 0 Å². The number of aromatic nitrogens is 1. The molecule has 5 nitrogen and oxygen atoms in total. The molecule has 0 saturated heterocycles. The highest BCUT2D eigenvalue weighted by Crippen LogP contribution is 2.31. The Hall–Kier alpha value is -2.74. The van der Waals surface area contributed by atoms with Gasteiger partial charge in [0.25, 0.3) is 0 Å². The second-order valence-corrected chi connectivity index (χ2v) is 8.44. The average molecular weight is 485 g/mol. The molecule has 142 valence electrons. The van der Waals surface area contributed by atoms with Crippen molar-refractivity contribution >= 4 is 61.7 Å². The predicted octanol–water partition coefficient (Wildman–Crippen LogP) is 5.92. The number of halogens is 1. The summed E-state index contributed by atoms with van der Waals surface area (Å²) in [5, 5.41) is 8.38. The van der Waals surface area contributed by atoms with Gasteiger partial charge in [-0.05, 0) is 55.5 Å². The maximum Gasteiger partial charge on any atom is 0.237 e. The molecule has 6 heteroatoms. The third-order valence-electron chi connectivity index (χ3n) is 4.58. The first-order chi connectivity index (χ1) is 13.5. The molecule has 3 N–H and O–H groups in total. The maximum atomic E-state index is 11.8. The molecule has 1 atom stereocenters. The summed E-state index contributed by atoms with van der Waals surface area (Å²) in [6.45, 7) is 1.85. The van der Waals surface area contributed by atoms with E-state index in [-0.39, 0.29) is 9.83 Å². The van der Waals surface area contributed by atoms with Crippen LogP contribution in [-0.4, -0.2) is 21.9 Å². The average Bonchev–Trinajstić information content (AvgIpc) is 3.06. The molecule has 1 aromatic heterocycles. The zero-order valence-electron chi connectivity index (χ0n) is 15.5. The molecule has 0 bridgehead atoms. The Morgan fingerprint density at radius 1 is 0.929 bits per heavy atom. The number of alkyl halides is 1. The van der Waals surface area contributed by atoms with Crippen LogP contribution in [0.25, 0.3) is 21.8 Å². The smallest absolute Gasteiger partial charge is 0.237 e. The number of carbonyl (C=O) groups excluding carboxylic acids is 1. The molecule has 0 spiro atoms. The van der Waals surface area contributed by atoms with Crippen molar-refractivity contribution in [1.82, 2.24) is 4.98 Å². The predicted molar refractivity (Wildman–Crippen MR) is 124 cm³/mol. The van der Waals surface area contributed by atoms with E-state index in [1.165, 1.54) is 5.39 Å². The summed E-state index contributed by atoms with van der Waals surface area (Å²) in [4.78, 5) is 15.2. The number of carbonyl (C=O) groups is 1. The fourth-order valence-corrected chi connectivity index (χ4v) is 3.25. The summed E-state index contributed by atoms with van der Waals surface area (Å²) in [7, 11) is 1.91. The van der Waals surface area contributed by atoms with E-state index in [1.54, 1.807) is 0 Å². The van der Waals surface area contributed by atoms with Gasteiger partial charge in [0, 0.05) is 40.8 Å². The number of benzene rings is 3. The molecular formula is C22H20IN3O2. The largest absolute Gasteiger partial charge is 0.457 e.